The van der Waals surface area contributed by atoms with Crippen LogP contribution in [0.25, 0.3) is 0 Å². The maximum absolute atomic E-state index is 5.82. The fourth-order valence-electron chi connectivity index (χ4n) is 1.83. The quantitative estimate of drug-likeness (QED) is 0.769. The molecule has 1 N–H and O–H groups in total. The monoisotopic (exact) mass is 251 g/mol. The molecule has 0 bridgehead atoms. The smallest absolute Gasteiger partial charge is 0.120 e. The molecule has 2 unspecified atom stereocenters. The van der Waals surface area contributed by atoms with Gasteiger partial charge in [-0.05, 0) is 44.5 Å². The van der Waals surface area contributed by atoms with Crippen LogP contribution in [-0.2, 0) is 0 Å². The molecule has 0 aliphatic rings. The van der Waals surface area contributed by atoms with Gasteiger partial charge in [0.25, 0.3) is 0 Å². The van der Waals surface area contributed by atoms with Gasteiger partial charge in [-0.1, -0.05) is 13.3 Å². The highest BCUT2D eigenvalue weighted by Crippen LogP contribution is 2.17. The summed E-state index contributed by atoms with van der Waals surface area (Å²) in [6.07, 6.45) is 2.58. The molecule has 1 aromatic carbocycles. The van der Waals surface area contributed by atoms with Gasteiger partial charge in [0.05, 0.1) is 7.11 Å². The van der Waals surface area contributed by atoms with Crippen molar-refractivity contribution in [2.75, 3.05) is 13.7 Å². The van der Waals surface area contributed by atoms with Crippen LogP contribution in [0.3, 0.4) is 0 Å². The van der Waals surface area contributed by atoms with Crippen molar-refractivity contribution in [3.63, 3.8) is 0 Å². The van der Waals surface area contributed by atoms with Gasteiger partial charge in [-0.25, -0.2) is 0 Å². The molecule has 102 valence electrons. The zero-order valence-corrected chi connectivity index (χ0v) is 11.9. The highest BCUT2D eigenvalue weighted by Gasteiger charge is 2.06. The lowest BCUT2D eigenvalue weighted by Crippen LogP contribution is -2.34. The van der Waals surface area contributed by atoms with Crippen molar-refractivity contribution in [2.45, 2.75) is 45.8 Å². The van der Waals surface area contributed by atoms with Crippen LogP contribution in [0.4, 0.5) is 0 Å². The molecule has 1 rings (SSSR count). The molecule has 0 amide bonds. The van der Waals surface area contributed by atoms with E-state index in [-0.39, 0.29) is 6.10 Å². The van der Waals surface area contributed by atoms with E-state index in [4.69, 9.17) is 9.47 Å². The number of nitrogens with one attached hydrogen (secondary N) is 1. The van der Waals surface area contributed by atoms with Gasteiger partial charge in [0.15, 0.2) is 0 Å². The van der Waals surface area contributed by atoms with E-state index in [0.29, 0.717) is 6.04 Å². The van der Waals surface area contributed by atoms with Crippen LogP contribution in [0.2, 0.25) is 0 Å². The van der Waals surface area contributed by atoms with E-state index in [1.165, 1.54) is 12.8 Å². The lowest BCUT2D eigenvalue weighted by molar-refractivity contribution is 0.211. The summed E-state index contributed by atoms with van der Waals surface area (Å²) < 4.78 is 10.9. The summed E-state index contributed by atoms with van der Waals surface area (Å²) >= 11 is 0. The standard InChI is InChI=1S/C15H25NO2/c1-5-6-12(2)16-11-13(3)18-15-9-7-14(17-4)8-10-15/h7-10,12-13,16H,5-6,11H2,1-4H3. The van der Waals surface area contributed by atoms with E-state index in [9.17, 15) is 0 Å². The lowest BCUT2D eigenvalue weighted by atomic mass is 10.2. The topological polar surface area (TPSA) is 30.5 Å². The first-order valence-corrected chi connectivity index (χ1v) is 6.69. The van der Waals surface area contributed by atoms with Crippen LogP contribution < -0.4 is 14.8 Å². The third-order valence-corrected chi connectivity index (χ3v) is 2.87. The fraction of sp³-hybridized carbons (Fsp3) is 0.600. The van der Waals surface area contributed by atoms with Gasteiger partial charge in [-0.15, -0.1) is 0 Å². The van der Waals surface area contributed by atoms with E-state index in [0.717, 1.165) is 18.0 Å². The molecule has 1 aromatic rings. The molecule has 0 heterocycles. The van der Waals surface area contributed by atoms with Crippen LogP contribution in [0.15, 0.2) is 24.3 Å². The second-order valence-corrected chi connectivity index (χ2v) is 4.70. The van der Waals surface area contributed by atoms with Gasteiger partial charge >= 0.3 is 0 Å². The molecule has 0 spiro atoms. The Balaban J connectivity index is 2.32. The summed E-state index contributed by atoms with van der Waals surface area (Å²) in [6.45, 7) is 7.36. The van der Waals surface area contributed by atoms with Crippen molar-refractivity contribution in [1.29, 1.82) is 0 Å². The zero-order chi connectivity index (χ0) is 13.4. The molecule has 3 heteroatoms. The minimum absolute atomic E-state index is 0.165. The molecular formula is C15H25NO2. The first kappa shape index (κ1) is 14.8. The molecule has 0 aromatic heterocycles. The summed E-state index contributed by atoms with van der Waals surface area (Å²) in [5.41, 5.74) is 0. The molecular weight excluding hydrogens is 226 g/mol. The maximum Gasteiger partial charge on any atom is 0.120 e. The van der Waals surface area contributed by atoms with Gasteiger partial charge in [-0.2, -0.15) is 0 Å². The zero-order valence-electron chi connectivity index (χ0n) is 11.9. The Morgan fingerprint density at radius 2 is 1.72 bits per heavy atom. The van der Waals surface area contributed by atoms with E-state index >= 15 is 0 Å². The van der Waals surface area contributed by atoms with Crippen molar-refractivity contribution in [3.8, 4) is 11.5 Å². The normalized spacial score (nSPS) is 14.0. The summed E-state index contributed by atoms with van der Waals surface area (Å²) in [4.78, 5) is 0. The van der Waals surface area contributed by atoms with E-state index in [1.54, 1.807) is 7.11 Å². The minimum Gasteiger partial charge on any atom is -0.497 e. The number of benzene rings is 1. The number of methoxy groups -OCH3 is 1. The Hall–Kier alpha value is -1.22. The number of hydrogen-bond donors (Lipinski definition) is 1. The Kier molecular flexibility index (Phi) is 6.58. The Bertz CT molecular complexity index is 324. The van der Waals surface area contributed by atoms with Gasteiger partial charge in [0.1, 0.15) is 17.6 Å². The lowest BCUT2D eigenvalue weighted by Gasteiger charge is -2.19. The Morgan fingerprint density at radius 3 is 2.28 bits per heavy atom. The van der Waals surface area contributed by atoms with Crippen molar-refractivity contribution in [2.24, 2.45) is 0 Å². The van der Waals surface area contributed by atoms with Crippen LogP contribution in [0.1, 0.15) is 33.6 Å². The molecule has 0 aliphatic heterocycles. The average Bonchev–Trinajstić information content (AvgIpc) is 2.38. The highest BCUT2D eigenvalue weighted by atomic mass is 16.5. The van der Waals surface area contributed by atoms with Crippen LogP contribution in [0, 0.1) is 0 Å². The number of ether oxygens (including phenoxy) is 2. The Morgan fingerprint density at radius 1 is 1.11 bits per heavy atom. The van der Waals surface area contributed by atoms with Crippen LogP contribution in [0.5, 0.6) is 11.5 Å². The fourth-order valence-corrected chi connectivity index (χ4v) is 1.83. The third kappa shape index (κ3) is 5.41. The van der Waals surface area contributed by atoms with Gasteiger partial charge in [0, 0.05) is 12.6 Å². The largest absolute Gasteiger partial charge is 0.497 e. The van der Waals surface area contributed by atoms with Gasteiger partial charge in [0.2, 0.25) is 0 Å². The van der Waals surface area contributed by atoms with E-state index in [2.05, 4.69) is 26.1 Å². The predicted molar refractivity (Wildman–Crippen MR) is 75.5 cm³/mol. The van der Waals surface area contributed by atoms with Crippen LogP contribution >= 0.6 is 0 Å². The van der Waals surface area contributed by atoms with Crippen molar-refractivity contribution in [3.05, 3.63) is 24.3 Å². The van der Waals surface area contributed by atoms with Crippen molar-refractivity contribution < 1.29 is 9.47 Å². The molecule has 0 radical (unpaired) electrons. The number of hydrogen-bond acceptors (Lipinski definition) is 3. The molecule has 3 nitrogen and oxygen atoms in total. The summed E-state index contributed by atoms with van der Waals surface area (Å²) in [6, 6.07) is 8.25. The molecule has 0 saturated heterocycles. The van der Waals surface area contributed by atoms with E-state index in [1.807, 2.05) is 24.3 Å². The Labute approximate surface area is 110 Å². The maximum atomic E-state index is 5.82. The molecule has 0 fully saturated rings. The number of rotatable bonds is 8. The van der Waals surface area contributed by atoms with Gasteiger partial charge in [-0.3, -0.25) is 0 Å². The minimum atomic E-state index is 0.165. The highest BCUT2D eigenvalue weighted by molar-refractivity contribution is 5.31. The first-order chi connectivity index (χ1) is 8.65. The molecule has 0 saturated carbocycles. The summed E-state index contributed by atoms with van der Waals surface area (Å²) in [5.74, 6) is 1.73. The van der Waals surface area contributed by atoms with Crippen molar-refractivity contribution >= 4 is 0 Å². The van der Waals surface area contributed by atoms with Crippen LogP contribution in [-0.4, -0.2) is 25.8 Å². The molecule has 2 atom stereocenters. The summed E-state index contributed by atoms with van der Waals surface area (Å²) in [7, 11) is 1.66. The molecule has 0 aliphatic carbocycles. The third-order valence-electron chi connectivity index (χ3n) is 2.87. The SMILES string of the molecule is CCCC(C)NCC(C)Oc1ccc(OC)cc1. The average molecular weight is 251 g/mol. The van der Waals surface area contributed by atoms with Gasteiger partial charge < -0.3 is 14.8 Å². The predicted octanol–water partition coefficient (Wildman–Crippen LogP) is 3.24. The second kappa shape index (κ2) is 7.98. The first-order valence-electron chi connectivity index (χ1n) is 6.69. The second-order valence-electron chi connectivity index (χ2n) is 4.70. The molecule has 18 heavy (non-hydrogen) atoms. The summed E-state index contributed by atoms with van der Waals surface area (Å²) in [5, 5.41) is 3.48. The van der Waals surface area contributed by atoms with Crippen molar-refractivity contribution in [1.82, 2.24) is 5.32 Å². The van der Waals surface area contributed by atoms with E-state index < -0.39 is 0 Å².